The number of fused-ring (bicyclic) bond motifs is 2. The Morgan fingerprint density at radius 2 is 2.04 bits per heavy atom. The second kappa shape index (κ2) is 5.57. The van der Waals surface area contributed by atoms with Gasteiger partial charge in [0.2, 0.25) is 0 Å². The maximum Gasteiger partial charge on any atom is 0.333 e. The Bertz CT molecular complexity index is 661. The van der Waals surface area contributed by atoms with Crippen molar-refractivity contribution in [3.63, 3.8) is 0 Å². The minimum absolute atomic E-state index is 0.0380. The van der Waals surface area contributed by atoms with E-state index in [1.54, 1.807) is 13.8 Å². The lowest BCUT2D eigenvalue weighted by molar-refractivity contribution is -0.159. The van der Waals surface area contributed by atoms with Crippen LogP contribution in [0.5, 0.6) is 0 Å². The van der Waals surface area contributed by atoms with Crippen molar-refractivity contribution in [2.45, 2.75) is 52.7 Å². The second-order valence-corrected chi connectivity index (χ2v) is 7.57. The van der Waals surface area contributed by atoms with E-state index in [-0.39, 0.29) is 35.3 Å². The molecule has 0 aromatic rings. The summed E-state index contributed by atoms with van der Waals surface area (Å²) in [7, 11) is 0. The highest BCUT2D eigenvalue weighted by molar-refractivity contribution is 5.94. The number of carbonyl (C=O) groups excluding carboxylic acids is 3. The first-order valence-corrected chi connectivity index (χ1v) is 8.48. The molecule has 0 radical (unpaired) electrons. The van der Waals surface area contributed by atoms with E-state index in [0.29, 0.717) is 12.8 Å². The summed E-state index contributed by atoms with van der Waals surface area (Å²) < 4.78 is 11.3. The van der Waals surface area contributed by atoms with Crippen LogP contribution in [0.3, 0.4) is 0 Å². The quantitative estimate of drug-likeness (QED) is 0.442. The fraction of sp³-hybridized carbons (Fsp3) is 0.632. The molecule has 5 nitrogen and oxygen atoms in total. The van der Waals surface area contributed by atoms with E-state index in [0.717, 1.165) is 5.57 Å². The molecule has 0 aromatic carbocycles. The van der Waals surface area contributed by atoms with E-state index in [1.165, 1.54) is 0 Å². The Morgan fingerprint density at radius 3 is 2.67 bits per heavy atom. The monoisotopic (exact) mass is 332 g/mol. The lowest BCUT2D eigenvalue weighted by Gasteiger charge is -2.38. The smallest absolute Gasteiger partial charge is 0.333 e. The van der Waals surface area contributed by atoms with Gasteiger partial charge in [0.25, 0.3) is 0 Å². The van der Waals surface area contributed by atoms with Crippen LogP contribution in [0.2, 0.25) is 0 Å². The average Bonchev–Trinajstić information content (AvgIpc) is 2.92. The zero-order valence-electron chi connectivity index (χ0n) is 14.6. The van der Waals surface area contributed by atoms with Gasteiger partial charge in [0, 0.05) is 17.9 Å². The van der Waals surface area contributed by atoms with Crippen LogP contribution in [-0.2, 0) is 23.9 Å². The van der Waals surface area contributed by atoms with Gasteiger partial charge in [-0.2, -0.15) is 0 Å². The normalized spacial score (nSPS) is 41.0. The number of Topliss-reactive ketones (excluding diaryl/α,β-unsaturated/α-hetero) is 1. The van der Waals surface area contributed by atoms with Crippen LogP contribution in [0.1, 0.15) is 40.5 Å². The zero-order chi connectivity index (χ0) is 17.8. The molecule has 2 aliphatic carbocycles. The molecule has 0 spiro atoms. The largest absolute Gasteiger partial charge is 0.462 e. The molecule has 1 saturated heterocycles. The zero-order valence-corrected chi connectivity index (χ0v) is 14.6. The summed E-state index contributed by atoms with van der Waals surface area (Å²) in [5, 5.41) is 0. The number of hydrogen-bond donors (Lipinski definition) is 0. The summed E-state index contributed by atoms with van der Waals surface area (Å²) in [4.78, 5) is 37.1. The first-order chi connectivity index (χ1) is 11.2. The van der Waals surface area contributed by atoms with Crippen molar-refractivity contribution >= 4 is 17.7 Å². The van der Waals surface area contributed by atoms with Crippen molar-refractivity contribution in [2.24, 2.45) is 23.2 Å². The summed E-state index contributed by atoms with van der Waals surface area (Å²) in [6, 6.07) is 0. The molecule has 5 heteroatoms. The highest BCUT2D eigenvalue weighted by Crippen LogP contribution is 2.54. The number of esters is 2. The summed E-state index contributed by atoms with van der Waals surface area (Å²) >= 11 is 0. The SMILES string of the molecule is C=C(C)C(=O)O[C@@H]1[C@@H]2[C@H](C[C@H](C)C3=CCC(=O)[C@@]31C)OC(=O)[C@@H]2C. The molecule has 0 amide bonds. The van der Waals surface area contributed by atoms with Crippen molar-refractivity contribution in [3.05, 3.63) is 23.8 Å². The highest BCUT2D eigenvalue weighted by Gasteiger charge is 2.61. The molecule has 3 aliphatic rings. The first kappa shape index (κ1) is 16.9. The maximum atomic E-state index is 12.8. The van der Waals surface area contributed by atoms with E-state index in [4.69, 9.17) is 9.47 Å². The van der Waals surface area contributed by atoms with Gasteiger partial charge in [-0.1, -0.05) is 32.1 Å². The van der Waals surface area contributed by atoms with Gasteiger partial charge < -0.3 is 9.47 Å². The van der Waals surface area contributed by atoms with Crippen LogP contribution in [-0.4, -0.2) is 29.9 Å². The number of hydrogen-bond acceptors (Lipinski definition) is 5. The van der Waals surface area contributed by atoms with Crippen LogP contribution < -0.4 is 0 Å². The third-order valence-corrected chi connectivity index (χ3v) is 5.95. The van der Waals surface area contributed by atoms with Gasteiger partial charge >= 0.3 is 11.9 Å². The fourth-order valence-corrected chi connectivity index (χ4v) is 4.57. The van der Waals surface area contributed by atoms with Gasteiger partial charge in [0.1, 0.15) is 18.0 Å². The highest BCUT2D eigenvalue weighted by atomic mass is 16.6. The van der Waals surface area contributed by atoms with E-state index >= 15 is 0 Å². The Kier molecular flexibility index (Phi) is 3.93. The number of rotatable bonds is 2. The molecule has 0 bridgehead atoms. The predicted octanol–water partition coefficient (Wildman–Crippen LogP) is 2.60. The van der Waals surface area contributed by atoms with E-state index in [2.05, 4.69) is 6.58 Å². The van der Waals surface area contributed by atoms with E-state index in [1.807, 2.05) is 19.9 Å². The van der Waals surface area contributed by atoms with E-state index < -0.39 is 23.4 Å². The van der Waals surface area contributed by atoms with Crippen molar-refractivity contribution < 1.29 is 23.9 Å². The molecular formula is C19H24O5. The van der Waals surface area contributed by atoms with Gasteiger partial charge in [-0.25, -0.2) is 4.79 Å². The van der Waals surface area contributed by atoms with Crippen molar-refractivity contribution in [1.29, 1.82) is 0 Å². The molecule has 1 heterocycles. The fourth-order valence-electron chi connectivity index (χ4n) is 4.57. The third kappa shape index (κ3) is 2.25. The van der Waals surface area contributed by atoms with Gasteiger partial charge in [0.05, 0.1) is 11.3 Å². The molecular weight excluding hydrogens is 308 g/mol. The lowest BCUT2D eigenvalue weighted by atomic mass is 9.69. The van der Waals surface area contributed by atoms with Crippen LogP contribution in [0, 0.1) is 23.2 Å². The molecule has 6 atom stereocenters. The average molecular weight is 332 g/mol. The van der Waals surface area contributed by atoms with Crippen molar-refractivity contribution in [2.75, 3.05) is 0 Å². The summed E-state index contributed by atoms with van der Waals surface area (Å²) in [5.74, 6) is -1.40. The summed E-state index contributed by atoms with van der Waals surface area (Å²) in [5.41, 5.74) is 0.387. The standard InChI is InChI=1S/C19H24O5/c1-9(2)17(21)24-16-15-11(4)18(22)23-13(15)8-10(3)12-6-7-14(20)19(12,16)5/h6,10-11,13,15-16H,1,7-8H2,2-5H3/t10-,11+,13-,15-,16+,19+/m0/s1. The van der Waals surface area contributed by atoms with Crippen LogP contribution in [0.15, 0.2) is 23.8 Å². The summed E-state index contributed by atoms with van der Waals surface area (Å²) in [6.45, 7) is 10.9. The molecule has 1 saturated carbocycles. The molecule has 3 rings (SSSR count). The first-order valence-electron chi connectivity index (χ1n) is 8.48. The topological polar surface area (TPSA) is 69.7 Å². The number of ketones is 1. The number of ether oxygens (including phenoxy) is 2. The number of allylic oxidation sites excluding steroid dienone is 1. The van der Waals surface area contributed by atoms with Crippen molar-refractivity contribution in [3.8, 4) is 0 Å². The summed E-state index contributed by atoms with van der Waals surface area (Å²) in [6.07, 6.45) is 1.91. The molecule has 0 N–H and O–H groups in total. The Labute approximate surface area is 142 Å². The van der Waals surface area contributed by atoms with Crippen LogP contribution >= 0.6 is 0 Å². The molecule has 1 aliphatic heterocycles. The maximum absolute atomic E-state index is 12.8. The number of carbonyl (C=O) groups is 3. The van der Waals surface area contributed by atoms with Gasteiger partial charge in [-0.05, 0) is 26.2 Å². The van der Waals surface area contributed by atoms with Gasteiger partial charge in [-0.15, -0.1) is 0 Å². The predicted molar refractivity (Wildman–Crippen MR) is 86.8 cm³/mol. The van der Waals surface area contributed by atoms with Crippen LogP contribution in [0.4, 0.5) is 0 Å². The van der Waals surface area contributed by atoms with Crippen molar-refractivity contribution in [1.82, 2.24) is 0 Å². The van der Waals surface area contributed by atoms with E-state index in [9.17, 15) is 14.4 Å². The minimum atomic E-state index is -0.897. The molecule has 24 heavy (non-hydrogen) atoms. The van der Waals surface area contributed by atoms with Gasteiger partial charge in [0.15, 0.2) is 0 Å². The lowest BCUT2D eigenvalue weighted by Crippen LogP contribution is -2.48. The minimum Gasteiger partial charge on any atom is -0.462 e. The Morgan fingerprint density at radius 1 is 1.38 bits per heavy atom. The third-order valence-electron chi connectivity index (χ3n) is 5.95. The molecule has 130 valence electrons. The Hall–Kier alpha value is -1.91. The molecule has 0 unspecified atom stereocenters. The molecule has 2 fully saturated rings. The van der Waals surface area contributed by atoms with Crippen LogP contribution in [0.25, 0.3) is 0 Å². The molecule has 0 aromatic heterocycles. The Balaban J connectivity index is 2.11. The second-order valence-electron chi connectivity index (χ2n) is 7.57. The van der Waals surface area contributed by atoms with Gasteiger partial charge in [-0.3, -0.25) is 9.59 Å².